The Morgan fingerprint density at radius 3 is 2.62 bits per heavy atom. The summed E-state index contributed by atoms with van der Waals surface area (Å²) in [5, 5.41) is 6.88. The number of aromatic nitrogens is 2. The van der Waals surface area contributed by atoms with Crippen LogP contribution in [0.15, 0.2) is 6.07 Å². The maximum atomic E-state index is 11.4. The van der Waals surface area contributed by atoms with E-state index in [1.165, 1.54) is 0 Å². The maximum Gasteiger partial charge on any atom is 0.407 e. The summed E-state index contributed by atoms with van der Waals surface area (Å²) in [6.45, 7) is 7.84. The largest absolute Gasteiger partial charge is 0.444 e. The molecule has 0 radical (unpaired) electrons. The molecule has 0 aliphatic rings. The molecular formula is C11H19N3O2. The van der Waals surface area contributed by atoms with E-state index in [2.05, 4.69) is 10.4 Å². The summed E-state index contributed by atoms with van der Waals surface area (Å²) in [4.78, 5) is 11.4. The Kier molecular flexibility index (Phi) is 3.57. The second kappa shape index (κ2) is 4.55. The van der Waals surface area contributed by atoms with Crippen molar-refractivity contribution in [2.75, 3.05) is 0 Å². The molecule has 1 heterocycles. The van der Waals surface area contributed by atoms with Crippen LogP contribution in [0.2, 0.25) is 0 Å². The van der Waals surface area contributed by atoms with E-state index >= 15 is 0 Å². The highest BCUT2D eigenvalue weighted by Crippen LogP contribution is 2.07. The highest BCUT2D eigenvalue weighted by molar-refractivity contribution is 5.67. The monoisotopic (exact) mass is 225 g/mol. The van der Waals surface area contributed by atoms with Crippen molar-refractivity contribution in [1.82, 2.24) is 15.1 Å². The van der Waals surface area contributed by atoms with Crippen molar-refractivity contribution in [3.63, 3.8) is 0 Å². The van der Waals surface area contributed by atoms with Crippen molar-refractivity contribution < 1.29 is 9.53 Å². The van der Waals surface area contributed by atoms with E-state index in [9.17, 15) is 4.79 Å². The molecule has 0 saturated heterocycles. The number of ether oxygens (including phenoxy) is 1. The van der Waals surface area contributed by atoms with E-state index in [4.69, 9.17) is 4.74 Å². The fourth-order valence-electron chi connectivity index (χ4n) is 1.20. The molecule has 0 aliphatic heterocycles. The van der Waals surface area contributed by atoms with Crippen LogP contribution in [-0.2, 0) is 18.3 Å². The molecular weight excluding hydrogens is 206 g/mol. The Bertz CT molecular complexity index is 358. The zero-order chi connectivity index (χ0) is 12.3. The summed E-state index contributed by atoms with van der Waals surface area (Å²) < 4.78 is 6.88. The first-order valence-electron chi connectivity index (χ1n) is 5.24. The van der Waals surface area contributed by atoms with Crippen molar-refractivity contribution in [2.45, 2.75) is 39.8 Å². The van der Waals surface area contributed by atoms with Gasteiger partial charge in [0.2, 0.25) is 0 Å². The lowest BCUT2D eigenvalue weighted by molar-refractivity contribution is 0.0523. The number of nitrogens with zero attached hydrogens (tertiary/aromatic N) is 2. The predicted molar refractivity (Wildman–Crippen MR) is 61.0 cm³/mol. The fraction of sp³-hybridized carbons (Fsp3) is 0.636. The number of carbonyl (C=O) groups excluding carboxylic acids is 1. The van der Waals surface area contributed by atoms with Crippen LogP contribution in [0.4, 0.5) is 4.79 Å². The Labute approximate surface area is 95.8 Å². The zero-order valence-electron chi connectivity index (χ0n) is 10.5. The molecule has 0 unspecified atom stereocenters. The number of alkyl carbamates (subject to hydrolysis) is 1. The van der Waals surface area contributed by atoms with Crippen LogP contribution < -0.4 is 5.32 Å². The van der Waals surface area contributed by atoms with Crippen LogP contribution >= 0.6 is 0 Å². The summed E-state index contributed by atoms with van der Waals surface area (Å²) in [5.41, 5.74) is 1.41. The first-order valence-corrected chi connectivity index (χ1v) is 5.24. The smallest absolute Gasteiger partial charge is 0.407 e. The van der Waals surface area contributed by atoms with Crippen LogP contribution in [0, 0.1) is 6.92 Å². The molecule has 1 aromatic rings. The topological polar surface area (TPSA) is 56.1 Å². The average Bonchev–Trinajstić information content (AvgIpc) is 2.40. The lowest BCUT2D eigenvalue weighted by atomic mass is 10.2. The van der Waals surface area contributed by atoms with Gasteiger partial charge in [-0.15, -0.1) is 0 Å². The minimum atomic E-state index is -0.468. The second-order valence-corrected chi connectivity index (χ2v) is 4.76. The van der Waals surface area contributed by atoms with Crippen LogP contribution in [0.1, 0.15) is 32.2 Å². The third kappa shape index (κ3) is 3.92. The lowest BCUT2D eigenvalue weighted by Gasteiger charge is -2.19. The number of amides is 1. The van der Waals surface area contributed by atoms with Gasteiger partial charge in [-0.25, -0.2) is 4.79 Å². The number of hydrogen-bond donors (Lipinski definition) is 1. The van der Waals surface area contributed by atoms with Gasteiger partial charge in [-0.3, -0.25) is 4.68 Å². The Balaban J connectivity index is 2.43. The highest BCUT2D eigenvalue weighted by atomic mass is 16.6. The highest BCUT2D eigenvalue weighted by Gasteiger charge is 2.15. The van der Waals surface area contributed by atoms with Crippen LogP contribution in [-0.4, -0.2) is 21.5 Å². The minimum Gasteiger partial charge on any atom is -0.444 e. The normalized spacial score (nSPS) is 11.3. The van der Waals surface area contributed by atoms with Crippen molar-refractivity contribution in [3.05, 3.63) is 17.5 Å². The zero-order valence-corrected chi connectivity index (χ0v) is 10.5. The minimum absolute atomic E-state index is 0.386. The van der Waals surface area contributed by atoms with Gasteiger partial charge in [0.1, 0.15) is 5.60 Å². The summed E-state index contributed by atoms with van der Waals surface area (Å²) in [6, 6.07) is 1.93. The number of nitrogens with one attached hydrogen (secondary N) is 1. The molecule has 0 atom stereocenters. The number of rotatable bonds is 2. The lowest BCUT2D eigenvalue weighted by Crippen LogP contribution is -2.32. The predicted octanol–water partition coefficient (Wildman–Crippen LogP) is 1.75. The molecule has 0 aliphatic carbocycles. The van der Waals surface area contributed by atoms with Crippen molar-refractivity contribution >= 4 is 6.09 Å². The molecule has 1 N–H and O–H groups in total. The van der Waals surface area contributed by atoms with E-state index in [1.54, 1.807) is 4.68 Å². The van der Waals surface area contributed by atoms with Gasteiger partial charge in [-0.2, -0.15) is 5.10 Å². The van der Waals surface area contributed by atoms with E-state index in [-0.39, 0.29) is 0 Å². The van der Waals surface area contributed by atoms with Crippen molar-refractivity contribution in [2.24, 2.45) is 7.05 Å². The van der Waals surface area contributed by atoms with E-state index in [0.717, 1.165) is 11.4 Å². The summed E-state index contributed by atoms with van der Waals surface area (Å²) in [6.07, 6.45) is -0.421. The third-order valence-corrected chi connectivity index (χ3v) is 1.98. The average molecular weight is 225 g/mol. The van der Waals surface area contributed by atoms with Gasteiger partial charge in [0.25, 0.3) is 0 Å². The molecule has 0 aromatic carbocycles. The third-order valence-electron chi connectivity index (χ3n) is 1.98. The summed E-state index contributed by atoms with van der Waals surface area (Å²) >= 11 is 0. The fourth-order valence-corrected chi connectivity index (χ4v) is 1.20. The Hall–Kier alpha value is -1.52. The molecule has 5 heteroatoms. The SMILES string of the molecule is Cc1cc(CNC(=O)OC(C)(C)C)nn1C. The van der Waals surface area contributed by atoms with E-state index in [1.807, 2.05) is 40.8 Å². The van der Waals surface area contributed by atoms with Crippen LogP contribution in [0.25, 0.3) is 0 Å². The first-order chi connectivity index (χ1) is 7.28. The van der Waals surface area contributed by atoms with Gasteiger partial charge in [0, 0.05) is 12.7 Å². The van der Waals surface area contributed by atoms with Gasteiger partial charge in [0.05, 0.1) is 12.2 Å². The van der Waals surface area contributed by atoms with Crippen LogP contribution in [0.5, 0.6) is 0 Å². The van der Waals surface area contributed by atoms with Crippen molar-refractivity contribution in [3.8, 4) is 0 Å². The molecule has 16 heavy (non-hydrogen) atoms. The Morgan fingerprint density at radius 2 is 2.19 bits per heavy atom. The number of hydrogen-bond acceptors (Lipinski definition) is 3. The first kappa shape index (κ1) is 12.5. The second-order valence-electron chi connectivity index (χ2n) is 4.76. The Morgan fingerprint density at radius 1 is 1.56 bits per heavy atom. The quantitative estimate of drug-likeness (QED) is 0.834. The summed E-state index contributed by atoms with van der Waals surface area (Å²) in [5.74, 6) is 0. The molecule has 90 valence electrons. The van der Waals surface area contributed by atoms with Gasteiger partial charge < -0.3 is 10.1 Å². The van der Waals surface area contributed by atoms with Gasteiger partial charge in [0.15, 0.2) is 0 Å². The molecule has 1 rings (SSSR count). The van der Waals surface area contributed by atoms with E-state index < -0.39 is 11.7 Å². The maximum absolute atomic E-state index is 11.4. The van der Waals surface area contributed by atoms with Crippen molar-refractivity contribution in [1.29, 1.82) is 0 Å². The molecule has 1 aromatic heterocycles. The molecule has 0 saturated carbocycles. The molecule has 5 nitrogen and oxygen atoms in total. The summed E-state index contributed by atoms with van der Waals surface area (Å²) in [7, 11) is 1.87. The van der Waals surface area contributed by atoms with Gasteiger partial charge in [-0.1, -0.05) is 0 Å². The van der Waals surface area contributed by atoms with E-state index in [0.29, 0.717) is 6.54 Å². The standard InChI is InChI=1S/C11H19N3O2/c1-8-6-9(13-14(8)5)7-12-10(15)16-11(2,3)4/h6H,7H2,1-5H3,(H,12,15). The van der Waals surface area contributed by atoms with Crippen LogP contribution in [0.3, 0.4) is 0 Å². The van der Waals surface area contributed by atoms with Gasteiger partial charge >= 0.3 is 6.09 Å². The molecule has 0 spiro atoms. The number of aryl methyl sites for hydroxylation is 2. The molecule has 0 bridgehead atoms. The number of carbonyl (C=O) groups is 1. The van der Waals surface area contributed by atoms with Gasteiger partial charge in [-0.05, 0) is 33.8 Å². The molecule has 1 amide bonds. The molecule has 0 fully saturated rings.